The third-order valence-corrected chi connectivity index (χ3v) is 7.04. The zero-order valence-corrected chi connectivity index (χ0v) is 19.1. The first-order valence-electron chi connectivity index (χ1n) is 9.96. The molecular formula is C24H25ClN2O3S. The maximum atomic E-state index is 13.4. The largest absolute Gasteiger partial charge is 0.340 e. The van der Waals surface area contributed by atoms with Gasteiger partial charge in [0.15, 0.2) is 0 Å². The van der Waals surface area contributed by atoms with Crippen LogP contribution < -0.4 is 4.31 Å². The van der Waals surface area contributed by atoms with E-state index in [9.17, 15) is 13.2 Å². The molecule has 5 nitrogen and oxygen atoms in total. The normalized spacial score (nSPS) is 11.2. The van der Waals surface area contributed by atoms with Crippen molar-refractivity contribution in [2.24, 2.45) is 0 Å². The van der Waals surface area contributed by atoms with Crippen LogP contribution in [0.4, 0.5) is 5.69 Å². The minimum Gasteiger partial charge on any atom is -0.340 e. The van der Waals surface area contributed by atoms with Crippen LogP contribution in [0.25, 0.3) is 0 Å². The van der Waals surface area contributed by atoms with Gasteiger partial charge in [0.1, 0.15) is 6.54 Å². The Morgan fingerprint density at radius 3 is 2.03 bits per heavy atom. The molecule has 0 saturated carbocycles. The van der Waals surface area contributed by atoms with Gasteiger partial charge in [0, 0.05) is 18.6 Å². The molecule has 0 heterocycles. The zero-order valence-electron chi connectivity index (χ0n) is 17.5. The molecule has 0 aliphatic carbocycles. The molecule has 0 spiro atoms. The van der Waals surface area contributed by atoms with Crippen molar-refractivity contribution in [2.75, 3.05) is 17.9 Å². The van der Waals surface area contributed by atoms with Crippen LogP contribution >= 0.6 is 11.6 Å². The molecule has 0 fully saturated rings. The lowest BCUT2D eigenvalue weighted by molar-refractivity contribution is -0.128. The summed E-state index contributed by atoms with van der Waals surface area (Å²) in [4.78, 5) is 14.6. The second kappa shape index (κ2) is 9.98. The van der Waals surface area contributed by atoms with E-state index in [1.165, 1.54) is 21.3 Å². The minimum absolute atomic E-state index is 0.141. The molecule has 0 radical (unpaired) electrons. The smallest absolute Gasteiger partial charge is 0.264 e. The summed E-state index contributed by atoms with van der Waals surface area (Å²) < 4.78 is 27.9. The summed E-state index contributed by atoms with van der Waals surface area (Å²) in [5.74, 6) is -0.311. The lowest BCUT2D eigenvalue weighted by Crippen LogP contribution is -2.41. The average molecular weight is 457 g/mol. The Morgan fingerprint density at radius 2 is 1.45 bits per heavy atom. The third-order valence-electron chi connectivity index (χ3n) is 5.00. The van der Waals surface area contributed by atoms with Crippen molar-refractivity contribution in [1.82, 2.24) is 4.90 Å². The second-order valence-electron chi connectivity index (χ2n) is 7.22. The number of carbonyl (C=O) groups is 1. The van der Waals surface area contributed by atoms with Gasteiger partial charge in [-0.3, -0.25) is 9.10 Å². The van der Waals surface area contributed by atoms with Crippen LogP contribution in [-0.2, 0) is 27.8 Å². The molecule has 0 atom stereocenters. The van der Waals surface area contributed by atoms with Gasteiger partial charge in [0.2, 0.25) is 5.91 Å². The predicted octanol–water partition coefficient (Wildman–Crippen LogP) is 4.76. The number of aryl methyl sites for hydroxylation is 1. The monoisotopic (exact) mass is 456 g/mol. The Balaban J connectivity index is 1.88. The van der Waals surface area contributed by atoms with Crippen molar-refractivity contribution >= 4 is 33.2 Å². The number of anilines is 1. The highest BCUT2D eigenvalue weighted by Crippen LogP contribution is 2.24. The average Bonchev–Trinajstić information content (AvgIpc) is 2.79. The third kappa shape index (κ3) is 5.66. The van der Waals surface area contributed by atoms with E-state index in [2.05, 4.69) is 0 Å². The number of hydrogen-bond donors (Lipinski definition) is 0. The molecule has 0 unspecified atom stereocenters. The van der Waals surface area contributed by atoms with Gasteiger partial charge in [0.05, 0.1) is 10.6 Å². The lowest BCUT2D eigenvalue weighted by atomic mass is 10.1. The molecule has 3 aromatic rings. The van der Waals surface area contributed by atoms with Crippen LogP contribution in [0.1, 0.15) is 18.1 Å². The minimum atomic E-state index is -3.91. The SMILES string of the molecule is CCc1ccc(N(CC(=O)N(C)Cc2ccc(Cl)cc2)S(=O)(=O)c2ccccc2)cc1. The summed E-state index contributed by atoms with van der Waals surface area (Å²) in [5.41, 5.74) is 2.45. The van der Waals surface area contributed by atoms with E-state index in [0.29, 0.717) is 17.3 Å². The van der Waals surface area contributed by atoms with E-state index < -0.39 is 10.0 Å². The van der Waals surface area contributed by atoms with Crippen molar-refractivity contribution in [3.63, 3.8) is 0 Å². The van der Waals surface area contributed by atoms with Gasteiger partial charge >= 0.3 is 0 Å². The van der Waals surface area contributed by atoms with E-state index in [1.54, 1.807) is 49.5 Å². The van der Waals surface area contributed by atoms with E-state index in [1.807, 2.05) is 31.2 Å². The van der Waals surface area contributed by atoms with Crippen molar-refractivity contribution in [3.05, 3.63) is 95.0 Å². The van der Waals surface area contributed by atoms with Gasteiger partial charge in [-0.1, -0.05) is 61.0 Å². The van der Waals surface area contributed by atoms with Crippen LogP contribution in [0.2, 0.25) is 5.02 Å². The number of rotatable bonds is 8. The van der Waals surface area contributed by atoms with Gasteiger partial charge in [-0.2, -0.15) is 0 Å². The Hall–Kier alpha value is -2.83. The summed E-state index contributed by atoms with van der Waals surface area (Å²) in [6.07, 6.45) is 0.842. The Bertz CT molecular complexity index is 1120. The fraction of sp³-hybridized carbons (Fsp3) is 0.208. The molecule has 0 N–H and O–H groups in total. The summed E-state index contributed by atoms with van der Waals surface area (Å²) >= 11 is 5.92. The van der Waals surface area contributed by atoms with Gasteiger partial charge in [0.25, 0.3) is 10.0 Å². The lowest BCUT2D eigenvalue weighted by Gasteiger charge is -2.27. The fourth-order valence-electron chi connectivity index (χ4n) is 3.13. The number of halogens is 1. The standard InChI is InChI=1S/C24H25ClN2O3S/c1-3-19-11-15-22(16-12-19)27(31(29,30)23-7-5-4-6-8-23)18-24(28)26(2)17-20-9-13-21(25)14-10-20/h4-16H,3,17-18H2,1-2H3. The predicted molar refractivity (Wildman–Crippen MR) is 125 cm³/mol. The zero-order chi connectivity index (χ0) is 22.4. The summed E-state index contributed by atoms with van der Waals surface area (Å²) in [6.45, 7) is 2.08. The van der Waals surface area contributed by atoms with E-state index in [0.717, 1.165) is 17.5 Å². The summed E-state index contributed by atoms with van der Waals surface area (Å²) in [7, 11) is -2.26. The highest BCUT2D eigenvalue weighted by molar-refractivity contribution is 7.92. The Labute approximate surface area is 188 Å². The molecular weight excluding hydrogens is 432 g/mol. The molecule has 3 aromatic carbocycles. The van der Waals surface area contributed by atoms with Crippen LogP contribution in [-0.4, -0.2) is 32.8 Å². The molecule has 0 saturated heterocycles. The maximum Gasteiger partial charge on any atom is 0.264 e. The summed E-state index contributed by atoms with van der Waals surface area (Å²) in [6, 6.07) is 22.6. The number of sulfonamides is 1. The van der Waals surface area contributed by atoms with E-state index in [-0.39, 0.29) is 17.3 Å². The first kappa shape index (κ1) is 22.8. The highest BCUT2D eigenvalue weighted by Gasteiger charge is 2.28. The van der Waals surface area contributed by atoms with Crippen LogP contribution in [0.5, 0.6) is 0 Å². The molecule has 0 aliphatic heterocycles. The molecule has 0 aromatic heterocycles. The number of nitrogens with zero attached hydrogens (tertiary/aromatic N) is 2. The van der Waals surface area contributed by atoms with Crippen LogP contribution in [0.3, 0.4) is 0 Å². The van der Waals surface area contributed by atoms with Crippen molar-refractivity contribution in [3.8, 4) is 0 Å². The maximum absolute atomic E-state index is 13.4. The van der Waals surface area contributed by atoms with E-state index in [4.69, 9.17) is 11.6 Å². The second-order valence-corrected chi connectivity index (χ2v) is 9.52. The molecule has 0 bridgehead atoms. The molecule has 162 valence electrons. The van der Waals surface area contributed by atoms with Crippen LogP contribution in [0, 0.1) is 0 Å². The first-order valence-corrected chi connectivity index (χ1v) is 11.8. The van der Waals surface area contributed by atoms with Crippen molar-refractivity contribution < 1.29 is 13.2 Å². The molecule has 0 aliphatic rings. The topological polar surface area (TPSA) is 57.7 Å². The van der Waals surface area contributed by atoms with Gasteiger partial charge < -0.3 is 4.90 Å². The van der Waals surface area contributed by atoms with E-state index >= 15 is 0 Å². The first-order chi connectivity index (χ1) is 14.8. The van der Waals surface area contributed by atoms with Crippen molar-refractivity contribution in [1.29, 1.82) is 0 Å². The van der Waals surface area contributed by atoms with Crippen molar-refractivity contribution in [2.45, 2.75) is 24.8 Å². The van der Waals surface area contributed by atoms with Gasteiger partial charge in [-0.15, -0.1) is 0 Å². The summed E-state index contributed by atoms with van der Waals surface area (Å²) in [5, 5.41) is 0.619. The Morgan fingerprint density at radius 1 is 0.871 bits per heavy atom. The van der Waals surface area contributed by atoms with Gasteiger partial charge in [-0.25, -0.2) is 8.42 Å². The quantitative estimate of drug-likeness (QED) is 0.491. The number of carbonyl (C=O) groups excluding carboxylic acids is 1. The number of amides is 1. The fourth-order valence-corrected chi connectivity index (χ4v) is 4.69. The number of benzene rings is 3. The molecule has 3 rings (SSSR count). The molecule has 31 heavy (non-hydrogen) atoms. The molecule has 7 heteroatoms. The van der Waals surface area contributed by atoms with Crippen LogP contribution in [0.15, 0.2) is 83.8 Å². The molecule has 1 amide bonds. The highest BCUT2D eigenvalue weighted by atomic mass is 35.5. The Kier molecular flexibility index (Phi) is 7.36. The van der Waals surface area contributed by atoms with Gasteiger partial charge in [-0.05, 0) is 53.9 Å². The number of hydrogen-bond acceptors (Lipinski definition) is 3. The number of likely N-dealkylation sites (N-methyl/N-ethyl adjacent to an activating group) is 1.